The predicted octanol–water partition coefficient (Wildman–Crippen LogP) is 3.07. The normalized spacial score (nSPS) is 12.9. The molecule has 1 heterocycles. The number of aromatic nitrogens is 1. The van der Waals surface area contributed by atoms with Crippen molar-refractivity contribution in [2.75, 3.05) is 7.11 Å². The van der Waals surface area contributed by atoms with Gasteiger partial charge in [-0.25, -0.2) is 0 Å². The molecule has 1 aromatic carbocycles. The molecule has 3 nitrogen and oxygen atoms in total. The van der Waals surface area contributed by atoms with Crippen LogP contribution in [-0.4, -0.2) is 18.1 Å². The van der Waals surface area contributed by atoms with Crippen molar-refractivity contribution in [3.63, 3.8) is 0 Å². The maximum absolute atomic E-state index is 5.85. The van der Waals surface area contributed by atoms with Crippen LogP contribution in [0.1, 0.15) is 30.2 Å². The van der Waals surface area contributed by atoms with Gasteiger partial charge in [-0.2, -0.15) is 0 Å². The van der Waals surface area contributed by atoms with Gasteiger partial charge in [0.2, 0.25) is 0 Å². The highest BCUT2D eigenvalue weighted by Gasteiger charge is 2.13. The molecule has 0 bridgehead atoms. The van der Waals surface area contributed by atoms with Crippen molar-refractivity contribution < 1.29 is 4.74 Å². The van der Waals surface area contributed by atoms with Crippen LogP contribution in [0, 0.1) is 13.8 Å². The lowest BCUT2D eigenvalue weighted by Gasteiger charge is -2.07. The highest BCUT2D eigenvalue weighted by molar-refractivity contribution is 5.90. The van der Waals surface area contributed by atoms with Gasteiger partial charge in [0, 0.05) is 17.1 Å². The molecule has 2 aromatic rings. The largest absolute Gasteiger partial charge is 0.495 e. The van der Waals surface area contributed by atoms with E-state index in [1.807, 2.05) is 0 Å². The number of benzene rings is 1. The number of ether oxygens (including phenoxy) is 1. The van der Waals surface area contributed by atoms with E-state index < -0.39 is 0 Å². The molecular formula is C15H22N2O. The fraction of sp³-hybridized carbons (Fsp3) is 0.467. The van der Waals surface area contributed by atoms with E-state index >= 15 is 0 Å². The first-order valence-electron chi connectivity index (χ1n) is 6.44. The standard InChI is InChI=1S/C15H22N2O/c1-9-7-13-12(6-5-10(2)16)11(3)17-15(13)14(8-9)18-4/h7-8,10,17H,5-6,16H2,1-4H3. The number of hydrogen-bond donors (Lipinski definition) is 2. The van der Waals surface area contributed by atoms with E-state index in [4.69, 9.17) is 10.5 Å². The van der Waals surface area contributed by atoms with Crippen molar-refractivity contribution in [1.29, 1.82) is 0 Å². The molecule has 18 heavy (non-hydrogen) atoms. The van der Waals surface area contributed by atoms with E-state index in [-0.39, 0.29) is 6.04 Å². The minimum absolute atomic E-state index is 0.237. The summed E-state index contributed by atoms with van der Waals surface area (Å²) in [5, 5.41) is 1.27. The molecule has 0 aliphatic carbocycles. The summed E-state index contributed by atoms with van der Waals surface area (Å²) >= 11 is 0. The highest BCUT2D eigenvalue weighted by atomic mass is 16.5. The molecule has 1 unspecified atom stereocenters. The second-order valence-corrected chi connectivity index (χ2v) is 5.13. The Hall–Kier alpha value is -1.48. The number of nitrogens with two attached hydrogens (primary N) is 1. The van der Waals surface area contributed by atoms with Gasteiger partial charge in [-0.05, 0) is 56.9 Å². The zero-order valence-corrected chi connectivity index (χ0v) is 11.6. The van der Waals surface area contributed by atoms with Gasteiger partial charge in [0.25, 0.3) is 0 Å². The van der Waals surface area contributed by atoms with E-state index in [0.717, 1.165) is 24.1 Å². The van der Waals surface area contributed by atoms with Gasteiger partial charge in [0.05, 0.1) is 12.6 Å². The molecule has 0 radical (unpaired) electrons. The van der Waals surface area contributed by atoms with Crippen molar-refractivity contribution in [3.8, 4) is 5.75 Å². The topological polar surface area (TPSA) is 51.0 Å². The Kier molecular flexibility index (Phi) is 3.62. The molecule has 3 heteroatoms. The molecule has 0 fully saturated rings. The molecular weight excluding hydrogens is 224 g/mol. The summed E-state index contributed by atoms with van der Waals surface area (Å²) in [5.74, 6) is 0.917. The van der Waals surface area contributed by atoms with Gasteiger partial charge in [-0.15, -0.1) is 0 Å². The lowest BCUT2D eigenvalue weighted by Crippen LogP contribution is -2.15. The first kappa shape index (κ1) is 13.0. The molecule has 0 aliphatic rings. The van der Waals surface area contributed by atoms with Crippen molar-refractivity contribution >= 4 is 10.9 Å². The van der Waals surface area contributed by atoms with E-state index in [1.54, 1.807) is 7.11 Å². The lowest BCUT2D eigenvalue weighted by atomic mass is 10.0. The SMILES string of the molecule is COc1cc(C)cc2c(CCC(C)N)c(C)[nH]c12. The van der Waals surface area contributed by atoms with Gasteiger partial charge in [-0.1, -0.05) is 0 Å². The molecule has 1 atom stereocenters. The Balaban J connectivity index is 2.52. The predicted molar refractivity (Wildman–Crippen MR) is 76.3 cm³/mol. The number of H-pyrrole nitrogens is 1. The van der Waals surface area contributed by atoms with E-state index in [1.165, 1.54) is 22.2 Å². The van der Waals surface area contributed by atoms with Crippen LogP contribution >= 0.6 is 0 Å². The highest BCUT2D eigenvalue weighted by Crippen LogP contribution is 2.31. The Bertz CT molecular complexity index is 555. The fourth-order valence-electron chi connectivity index (χ4n) is 2.44. The van der Waals surface area contributed by atoms with Crippen molar-refractivity contribution in [3.05, 3.63) is 29.0 Å². The van der Waals surface area contributed by atoms with Crippen LogP contribution in [0.25, 0.3) is 10.9 Å². The maximum Gasteiger partial charge on any atom is 0.143 e. The third kappa shape index (κ3) is 2.36. The summed E-state index contributed by atoms with van der Waals surface area (Å²) in [5.41, 5.74) is 10.8. The second kappa shape index (κ2) is 5.02. The van der Waals surface area contributed by atoms with Crippen molar-refractivity contribution in [2.24, 2.45) is 5.73 Å². The zero-order chi connectivity index (χ0) is 13.3. The smallest absolute Gasteiger partial charge is 0.143 e. The van der Waals surface area contributed by atoms with Crippen LogP contribution < -0.4 is 10.5 Å². The summed E-state index contributed by atoms with van der Waals surface area (Å²) < 4.78 is 5.45. The molecule has 98 valence electrons. The van der Waals surface area contributed by atoms with E-state index in [0.29, 0.717) is 0 Å². The number of aromatic amines is 1. The molecule has 3 N–H and O–H groups in total. The number of rotatable bonds is 4. The summed E-state index contributed by atoms with van der Waals surface area (Å²) in [6.07, 6.45) is 2.01. The minimum Gasteiger partial charge on any atom is -0.495 e. The molecule has 0 saturated heterocycles. The van der Waals surface area contributed by atoms with E-state index in [2.05, 4.69) is 37.9 Å². The van der Waals surface area contributed by atoms with Crippen molar-refractivity contribution in [1.82, 2.24) is 4.98 Å². The molecule has 0 spiro atoms. The Labute approximate surface area is 108 Å². The first-order valence-corrected chi connectivity index (χ1v) is 6.44. The second-order valence-electron chi connectivity index (χ2n) is 5.13. The molecule has 0 aliphatic heterocycles. The number of methoxy groups -OCH3 is 1. The third-order valence-corrected chi connectivity index (χ3v) is 3.41. The summed E-state index contributed by atoms with van der Waals surface area (Å²) in [6.45, 7) is 6.26. The Morgan fingerprint density at radius 2 is 2.06 bits per heavy atom. The molecule has 0 saturated carbocycles. The van der Waals surface area contributed by atoms with Crippen molar-refractivity contribution in [2.45, 2.75) is 39.7 Å². The number of nitrogens with one attached hydrogen (secondary N) is 1. The summed E-state index contributed by atoms with van der Waals surface area (Å²) in [4.78, 5) is 3.43. The minimum atomic E-state index is 0.237. The quantitative estimate of drug-likeness (QED) is 0.871. The van der Waals surface area contributed by atoms with Gasteiger partial charge in [-0.3, -0.25) is 0 Å². The Morgan fingerprint density at radius 3 is 2.67 bits per heavy atom. The number of hydrogen-bond acceptors (Lipinski definition) is 2. The van der Waals surface area contributed by atoms with Crippen LogP contribution in [0.5, 0.6) is 5.75 Å². The number of aryl methyl sites for hydroxylation is 3. The zero-order valence-electron chi connectivity index (χ0n) is 11.6. The average Bonchev–Trinajstić information content (AvgIpc) is 2.61. The molecule has 2 rings (SSSR count). The fourth-order valence-corrected chi connectivity index (χ4v) is 2.44. The van der Waals surface area contributed by atoms with Crippen LogP contribution in [-0.2, 0) is 6.42 Å². The van der Waals surface area contributed by atoms with Crippen LogP contribution in [0.4, 0.5) is 0 Å². The first-order chi connectivity index (χ1) is 8.52. The monoisotopic (exact) mass is 246 g/mol. The average molecular weight is 246 g/mol. The van der Waals surface area contributed by atoms with Gasteiger partial charge in [0.15, 0.2) is 0 Å². The molecule has 0 amide bonds. The maximum atomic E-state index is 5.85. The Morgan fingerprint density at radius 1 is 1.33 bits per heavy atom. The van der Waals surface area contributed by atoms with Crippen LogP contribution in [0.2, 0.25) is 0 Å². The molecule has 1 aromatic heterocycles. The van der Waals surface area contributed by atoms with E-state index in [9.17, 15) is 0 Å². The summed E-state index contributed by atoms with van der Waals surface area (Å²) in [7, 11) is 1.71. The lowest BCUT2D eigenvalue weighted by molar-refractivity contribution is 0.418. The third-order valence-electron chi connectivity index (χ3n) is 3.41. The van der Waals surface area contributed by atoms with Crippen LogP contribution in [0.3, 0.4) is 0 Å². The van der Waals surface area contributed by atoms with Gasteiger partial charge < -0.3 is 15.5 Å². The van der Waals surface area contributed by atoms with Gasteiger partial charge >= 0.3 is 0 Å². The summed E-state index contributed by atoms with van der Waals surface area (Å²) in [6, 6.07) is 4.52. The number of fused-ring (bicyclic) bond motifs is 1. The van der Waals surface area contributed by atoms with Crippen LogP contribution in [0.15, 0.2) is 12.1 Å². The van der Waals surface area contributed by atoms with Gasteiger partial charge in [0.1, 0.15) is 5.75 Å².